The number of nitrogens with one attached hydrogen (secondary N) is 1. The van der Waals surface area contributed by atoms with Crippen LogP contribution >= 0.6 is 11.6 Å². The fourth-order valence-electron chi connectivity index (χ4n) is 2.17. The molecule has 0 atom stereocenters. The van der Waals surface area contributed by atoms with Gasteiger partial charge >= 0.3 is 0 Å². The van der Waals surface area contributed by atoms with Crippen LogP contribution in [0.25, 0.3) is 0 Å². The second-order valence-electron chi connectivity index (χ2n) is 6.92. The molecule has 2 amide bonds. The van der Waals surface area contributed by atoms with Gasteiger partial charge in [0.15, 0.2) is 0 Å². The van der Waals surface area contributed by atoms with Crippen LogP contribution in [0.3, 0.4) is 0 Å². The molecule has 0 radical (unpaired) electrons. The third-order valence-electron chi connectivity index (χ3n) is 3.46. The van der Waals surface area contributed by atoms with E-state index in [1.165, 1.54) is 36.2 Å². The van der Waals surface area contributed by atoms with E-state index >= 15 is 0 Å². The molecule has 0 aliphatic carbocycles. The highest BCUT2D eigenvalue weighted by Crippen LogP contribution is 2.17. The van der Waals surface area contributed by atoms with Crippen LogP contribution in [-0.4, -0.2) is 61.7 Å². The van der Waals surface area contributed by atoms with Crippen LogP contribution in [0, 0.1) is 0 Å². The van der Waals surface area contributed by atoms with E-state index in [9.17, 15) is 18.0 Å². The molecule has 1 rings (SSSR count). The van der Waals surface area contributed by atoms with Crippen molar-refractivity contribution in [3.05, 3.63) is 29.3 Å². The minimum atomic E-state index is -3.82. The Bertz CT molecular complexity index is 742. The molecule has 26 heavy (non-hydrogen) atoms. The van der Waals surface area contributed by atoms with Crippen molar-refractivity contribution in [3.8, 4) is 0 Å². The van der Waals surface area contributed by atoms with Crippen molar-refractivity contribution in [2.75, 3.05) is 26.7 Å². The summed E-state index contributed by atoms with van der Waals surface area (Å²) in [5, 5.41) is 3.20. The summed E-state index contributed by atoms with van der Waals surface area (Å²) in [7, 11) is -2.50. The monoisotopic (exact) mass is 403 g/mol. The Balaban J connectivity index is 2.80. The van der Waals surface area contributed by atoms with Gasteiger partial charge in [0.2, 0.25) is 21.8 Å². The lowest BCUT2D eigenvalue weighted by Crippen LogP contribution is -2.49. The van der Waals surface area contributed by atoms with Crippen LogP contribution in [0.1, 0.15) is 27.7 Å². The molecule has 1 aromatic rings. The van der Waals surface area contributed by atoms with Crippen molar-refractivity contribution in [1.29, 1.82) is 0 Å². The lowest BCUT2D eigenvalue weighted by atomic mass is 10.1. The molecule has 9 heteroatoms. The van der Waals surface area contributed by atoms with E-state index in [2.05, 4.69) is 5.32 Å². The van der Waals surface area contributed by atoms with Crippen LogP contribution in [0.4, 0.5) is 0 Å². The SMILES string of the molecule is CCN(CC(=O)NC(C)(C)C)C(=O)CN(C)S(=O)(=O)c1ccc(Cl)cc1. The van der Waals surface area contributed by atoms with Crippen molar-refractivity contribution in [1.82, 2.24) is 14.5 Å². The second-order valence-corrected chi connectivity index (χ2v) is 9.40. The third kappa shape index (κ3) is 6.59. The minimum Gasteiger partial charge on any atom is -0.350 e. The van der Waals surface area contributed by atoms with Crippen molar-refractivity contribution >= 4 is 33.4 Å². The molecule has 0 spiro atoms. The Labute approximate surface area is 160 Å². The quantitative estimate of drug-likeness (QED) is 0.751. The number of hydrogen-bond donors (Lipinski definition) is 1. The van der Waals surface area contributed by atoms with Gasteiger partial charge in [0.25, 0.3) is 0 Å². The third-order valence-corrected chi connectivity index (χ3v) is 5.53. The summed E-state index contributed by atoms with van der Waals surface area (Å²) in [6.45, 7) is 7.07. The van der Waals surface area contributed by atoms with Crippen molar-refractivity contribution in [2.45, 2.75) is 38.1 Å². The molecular weight excluding hydrogens is 378 g/mol. The summed E-state index contributed by atoms with van der Waals surface area (Å²) < 4.78 is 26.0. The van der Waals surface area contributed by atoms with Crippen molar-refractivity contribution < 1.29 is 18.0 Å². The van der Waals surface area contributed by atoms with Gasteiger partial charge in [-0.25, -0.2) is 8.42 Å². The highest BCUT2D eigenvalue weighted by Gasteiger charge is 2.26. The summed E-state index contributed by atoms with van der Waals surface area (Å²) >= 11 is 5.77. The summed E-state index contributed by atoms with van der Waals surface area (Å²) in [4.78, 5) is 25.8. The Kier molecular flexibility index (Phi) is 7.61. The number of benzene rings is 1. The normalized spacial score (nSPS) is 12.1. The molecule has 0 aromatic heterocycles. The number of amides is 2. The average Bonchev–Trinajstić information content (AvgIpc) is 2.51. The fraction of sp³-hybridized carbons (Fsp3) is 0.529. The van der Waals surface area contributed by atoms with E-state index < -0.39 is 21.5 Å². The molecule has 7 nitrogen and oxygen atoms in total. The maximum absolute atomic E-state index is 12.5. The molecule has 0 aliphatic rings. The Morgan fingerprint density at radius 1 is 1.12 bits per heavy atom. The van der Waals surface area contributed by atoms with Crippen LogP contribution in [-0.2, 0) is 19.6 Å². The largest absolute Gasteiger partial charge is 0.350 e. The highest BCUT2D eigenvalue weighted by molar-refractivity contribution is 7.89. The van der Waals surface area contributed by atoms with Crippen LogP contribution < -0.4 is 5.32 Å². The van der Waals surface area contributed by atoms with Gasteiger partial charge in [0.05, 0.1) is 18.0 Å². The molecule has 0 heterocycles. The molecule has 0 bridgehead atoms. The van der Waals surface area contributed by atoms with E-state index in [1.807, 2.05) is 20.8 Å². The van der Waals surface area contributed by atoms with E-state index in [0.29, 0.717) is 11.6 Å². The lowest BCUT2D eigenvalue weighted by molar-refractivity contribution is -0.136. The minimum absolute atomic E-state index is 0.0470. The number of halogens is 1. The van der Waals surface area contributed by atoms with Crippen LogP contribution in [0.5, 0.6) is 0 Å². The van der Waals surface area contributed by atoms with Crippen molar-refractivity contribution in [3.63, 3.8) is 0 Å². The standard InChI is InChI=1S/C17H26ClN3O4S/c1-6-21(11-15(22)19-17(2,3)4)16(23)12-20(5)26(24,25)14-9-7-13(18)8-10-14/h7-10H,6,11-12H2,1-5H3,(H,19,22). The van der Waals surface area contributed by atoms with Gasteiger partial charge in [-0.15, -0.1) is 0 Å². The van der Waals surface area contributed by atoms with Crippen LogP contribution in [0.2, 0.25) is 5.02 Å². The Morgan fingerprint density at radius 3 is 2.12 bits per heavy atom. The predicted octanol–water partition coefficient (Wildman–Crippen LogP) is 1.72. The molecule has 0 saturated heterocycles. The molecule has 0 fully saturated rings. The number of hydrogen-bond acceptors (Lipinski definition) is 4. The molecule has 0 saturated carbocycles. The lowest BCUT2D eigenvalue weighted by Gasteiger charge is -2.26. The van der Waals surface area contributed by atoms with Gasteiger partial charge in [0, 0.05) is 24.2 Å². The number of carbonyl (C=O) groups excluding carboxylic acids is 2. The van der Waals surface area contributed by atoms with Crippen LogP contribution in [0.15, 0.2) is 29.2 Å². The first-order chi connectivity index (χ1) is 11.9. The maximum Gasteiger partial charge on any atom is 0.243 e. The second kappa shape index (κ2) is 8.83. The zero-order valence-electron chi connectivity index (χ0n) is 15.7. The number of sulfonamides is 1. The maximum atomic E-state index is 12.5. The zero-order chi connectivity index (χ0) is 20.1. The van der Waals surface area contributed by atoms with Gasteiger partial charge in [-0.2, -0.15) is 4.31 Å². The molecular formula is C17H26ClN3O4S. The smallest absolute Gasteiger partial charge is 0.243 e. The van der Waals surface area contributed by atoms with Gasteiger partial charge < -0.3 is 10.2 Å². The summed E-state index contributed by atoms with van der Waals surface area (Å²) in [5.41, 5.74) is -0.408. The summed E-state index contributed by atoms with van der Waals surface area (Å²) in [6, 6.07) is 5.71. The van der Waals surface area contributed by atoms with Gasteiger partial charge in [-0.3, -0.25) is 9.59 Å². The first-order valence-electron chi connectivity index (χ1n) is 8.17. The van der Waals surface area contributed by atoms with E-state index in [-0.39, 0.29) is 23.9 Å². The molecule has 0 unspecified atom stereocenters. The number of nitrogens with zero attached hydrogens (tertiary/aromatic N) is 2. The number of likely N-dealkylation sites (N-methyl/N-ethyl adjacent to an activating group) is 2. The zero-order valence-corrected chi connectivity index (χ0v) is 17.3. The first kappa shape index (κ1) is 22.4. The first-order valence-corrected chi connectivity index (χ1v) is 9.99. The molecule has 1 N–H and O–H groups in total. The van der Waals surface area contributed by atoms with E-state index in [4.69, 9.17) is 11.6 Å². The molecule has 1 aromatic carbocycles. The topological polar surface area (TPSA) is 86.8 Å². The van der Waals surface area contributed by atoms with E-state index in [0.717, 1.165) is 4.31 Å². The fourth-order valence-corrected chi connectivity index (χ4v) is 3.42. The van der Waals surface area contributed by atoms with Gasteiger partial charge in [0.1, 0.15) is 0 Å². The van der Waals surface area contributed by atoms with E-state index in [1.54, 1.807) is 6.92 Å². The summed E-state index contributed by atoms with van der Waals surface area (Å²) in [5.74, 6) is -0.743. The number of rotatable bonds is 7. The van der Waals surface area contributed by atoms with Crippen molar-refractivity contribution in [2.24, 2.45) is 0 Å². The molecule has 146 valence electrons. The predicted molar refractivity (Wildman–Crippen MR) is 101 cm³/mol. The van der Waals surface area contributed by atoms with Gasteiger partial charge in [-0.05, 0) is 52.0 Å². The Hall–Kier alpha value is -1.64. The van der Waals surface area contributed by atoms with Gasteiger partial charge in [-0.1, -0.05) is 11.6 Å². The number of carbonyl (C=O) groups is 2. The Morgan fingerprint density at radius 2 is 1.65 bits per heavy atom. The highest BCUT2D eigenvalue weighted by atomic mass is 35.5. The summed E-state index contributed by atoms with van der Waals surface area (Å²) in [6.07, 6.45) is 0. The average molecular weight is 404 g/mol. The molecule has 0 aliphatic heterocycles.